The standard InChI is InChI=1S/C21H24N4O2/c1-3-27-18-10-8-17(9-11-18)24-20-13-15-23-21(25-20)22-14-12-16-6-4-5-7-19(16)26-2/h4-11,13,15H,3,12,14H2,1-2H3,(H2,22,23,24,25). The van der Waals surface area contributed by atoms with E-state index in [9.17, 15) is 0 Å². The zero-order valence-corrected chi connectivity index (χ0v) is 15.6. The summed E-state index contributed by atoms with van der Waals surface area (Å²) in [6, 6.07) is 17.6. The van der Waals surface area contributed by atoms with Crippen LogP contribution in [0.2, 0.25) is 0 Å². The molecule has 1 aromatic heterocycles. The number of ether oxygens (including phenoxy) is 2. The van der Waals surface area contributed by atoms with Gasteiger partial charge < -0.3 is 20.1 Å². The highest BCUT2D eigenvalue weighted by atomic mass is 16.5. The van der Waals surface area contributed by atoms with E-state index in [1.807, 2.05) is 55.5 Å². The first-order valence-electron chi connectivity index (χ1n) is 8.97. The van der Waals surface area contributed by atoms with Crippen molar-refractivity contribution < 1.29 is 9.47 Å². The number of methoxy groups -OCH3 is 1. The van der Waals surface area contributed by atoms with Crippen LogP contribution in [0.15, 0.2) is 60.8 Å². The summed E-state index contributed by atoms with van der Waals surface area (Å²) < 4.78 is 10.8. The summed E-state index contributed by atoms with van der Waals surface area (Å²) in [5.41, 5.74) is 2.09. The molecule has 2 aromatic carbocycles. The SMILES string of the molecule is CCOc1ccc(Nc2ccnc(NCCc3ccccc3OC)n2)cc1. The van der Waals surface area contributed by atoms with Crippen LogP contribution in [0.3, 0.4) is 0 Å². The molecule has 0 spiro atoms. The Morgan fingerprint density at radius 2 is 1.81 bits per heavy atom. The van der Waals surface area contributed by atoms with Crippen LogP contribution in [0.1, 0.15) is 12.5 Å². The van der Waals surface area contributed by atoms with Gasteiger partial charge in [-0.05, 0) is 55.3 Å². The third kappa shape index (κ3) is 5.34. The second-order valence-corrected chi connectivity index (χ2v) is 5.84. The molecule has 0 aliphatic rings. The predicted molar refractivity (Wildman–Crippen MR) is 108 cm³/mol. The molecule has 0 unspecified atom stereocenters. The number of aromatic nitrogens is 2. The molecule has 0 radical (unpaired) electrons. The van der Waals surface area contributed by atoms with Gasteiger partial charge in [-0.3, -0.25) is 0 Å². The van der Waals surface area contributed by atoms with Crippen molar-refractivity contribution >= 4 is 17.5 Å². The molecular formula is C21H24N4O2. The average molecular weight is 364 g/mol. The largest absolute Gasteiger partial charge is 0.496 e. The van der Waals surface area contributed by atoms with Crippen molar-refractivity contribution in [2.45, 2.75) is 13.3 Å². The van der Waals surface area contributed by atoms with E-state index >= 15 is 0 Å². The number of benzene rings is 2. The number of hydrogen-bond donors (Lipinski definition) is 2. The average Bonchev–Trinajstić information content (AvgIpc) is 2.70. The topological polar surface area (TPSA) is 68.3 Å². The van der Waals surface area contributed by atoms with E-state index in [0.717, 1.165) is 35.0 Å². The van der Waals surface area contributed by atoms with Gasteiger partial charge in [-0.1, -0.05) is 18.2 Å². The summed E-state index contributed by atoms with van der Waals surface area (Å²) in [6.07, 6.45) is 2.55. The Balaban J connectivity index is 1.57. The maximum atomic E-state index is 5.46. The lowest BCUT2D eigenvalue weighted by Crippen LogP contribution is -2.09. The predicted octanol–water partition coefficient (Wildman–Crippen LogP) is 4.28. The van der Waals surface area contributed by atoms with Gasteiger partial charge in [-0.2, -0.15) is 4.98 Å². The Morgan fingerprint density at radius 1 is 1.00 bits per heavy atom. The van der Waals surface area contributed by atoms with E-state index in [4.69, 9.17) is 9.47 Å². The summed E-state index contributed by atoms with van der Waals surface area (Å²) in [5.74, 6) is 3.06. The van der Waals surface area contributed by atoms with Crippen molar-refractivity contribution in [1.82, 2.24) is 9.97 Å². The third-order valence-corrected chi connectivity index (χ3v) is 3.96. The van der Waals surface area contributed by atoms with Crippen LogP contribution in [0.5, 0.6) is 11.5 Å². The van der Waals surface area contributed by atoms with Crippen molar-refractivity contribution in [3.8, 4) is 11.5 Å². The van der Waals surface area contributed by atoms with Gasteiger partial charge in [-0.25, -0.2) is 4.98 Å². The van der Waals surface area contributed by atoms with E-state index in [1.54, 1.807) is 13.3 Å². The van der Waals surface area contributed by atoms with Crippen LogP contribution in [-0.2, 0) is 6.42 Å². The molecule has 6 nitrogen and oxygen atoms in total. The van der Waals surface area contributed by atoms with Crippen molar-refractivity contribution in [2.75, 3.05) is 30.9 Å². The van der Waals surface area contributed by atoms with E-state index < -0.39 is 0 Å². The summed E-state index contributed by atoms with van der Waals surface area (Å²) in [4.78, 5) is 8.78. The summed E-state index contributed by atoms with van der Waals surface area (Å²) in [6.45, 7) is 3.34. The molecule has 0 amide bonds. The van der Waals surface area contributed by atoms with Crippen LogP contribution in [0.4, 0.5) is 17.5 Å². The maximum Gasteiger partial charge on any atom is 0.224 e. The Hall–Kier alpha value is -3.28. The third-order valence-electron chi connectivity index (χ3n) is 3.96. The molecule has 0 atom stereocenters. The Bertz CT molecular complexity index is 853. The number of rotatable bonds is 9. The highest BCUT2D eigenvalue weighted by molar-refractivity contribution is 5.57. The zero-order valence-electron chi connectivity index (χ0n) is 15.6. The smallest absolute Gasteiger partial charge is 0.224 e. The normalized spacial score (nSPS) is 10.3. The minimum Gasteiger partial charge on any atom is -0.496 e. The van der Waals surface area contributed by atoms with Crippen molar-refractivity contribution in [1.29, 1.82) is 0 Å². The molecule has 0 bridgehead atoms. The first-order chi connectivity index (χ1) is 13.3. The van der Waals surface area contributed by atoms with Crippen LogP contribution in [0, 0.1) is 0 Å². The van der Waals surface area contributed by atoms with Gasteiger partial charge in [0.25, 0.3) is 0 Å². The molecule has 27 heavy (non-hydrogen) atoms. The summed E-state index contributed by atoms with van der Waals surface area (Å²) in [5, 5.41) is 6.53. The maximum absolute atomic E-state index is 5.46. The number of nitrogens with zero attached hydrogens (tertiary/aromatic N) is 2. The molecule has 6 heteroatoms. The molecule has 1 heterocycles. The van der Waals surface area contributed by atoms with Crippen molar-refractivity contribution in [3.05, 3.63) is 66.4 Å². The quantitative estimate of drug-likeness (QED) is 0.591. The molecule has 0 saturated heterocycles. The summed E-state index contributed by atoms with van der Waals surface area (Å²) in [7, 11) is 1.69. The minimum atomic E-state index is 0.584. The second-order valence-electron chi connectivity index (χ2n) is 5.84. The molecule has 0 aliphatic heterocycles. The molecular weight excluding hydrogens is 340 g/mol. The monoisotopic (exact) mass is 364 g/mol. The molecule has 0 saturated carbocycles. The minimum absolute atomic E-state index is 0.584. The van der Waals surface area contributed by atoms with Gasteiger partial charge in [-0.15, -0.1) is 0 Å². The van der Waals surface area contributed by atoms with E-state index in [-0.39, 0.29) is 0 Å². The molecule has 3 aromatic rings. The van der Waals surface area contributed by atoms with E-state index in [1.165, 1.54) is 0 Å². The Labute approximate surface area is 159 Å². The highest BCUT2D eigenvalue weighted by Gasteiger charge is 2.03. The fraction of sp³-hybridized carbons (Fsp3) is 0.238. The number of para-hydroxylation sites is 1. The van der Waals surface area contributed by atoms with Crippen LogP contribution in [-0.4, -0.2) is 30.2 Å². The Kier molecular flexibility index (Phi) is 6.46. The van der Waals surface area contributed by atoms with Crippen LogP contribution < -0.4 is 20.1 Å². The first-order valence-corrected chi connectivity index (χ1v) is 8.97. The fourth-order valence-corrected chi connectivity index (χ4v) is 2.68. The number of nitrogens with one attached hydrogen (secondary N) is 2. The summed E-state index contributed by atoms with van der Waals surface area (Å²) >= 11 is 0. The fourth-order valence-electron chi connectivity index (χ4n) is 2.68. The van der Waals surface area contributed by atoms with Gasteiger partial charge in [0.2, 0.25) is 5.95 Å². The van der Waals surface area contributed by atoms with Crippen LogP contribution >= 0.6 is 0 Å². The van der Waals surface area contributed by atoms with Crippen molar-refractivity contribution in [2.24, 2.45) is 0 Å². The Morgan fingerprint density at radius 3 is 2.59 bits per heavy atom. The van der Waals surface area contributed by atoms with Gasteiger partial charge in [0, 0.05) is 18.4 Å². The molecule has 2 N–H and O–H groups in total. The molecule has 0 fully saturated rings. The first kappa shape index (κ1) is 18.5. The van der Waals surface area contributed by atoms with E-state index in [0.29, 0.717) is 19.1 Å². The second kappa shape index (κ2) is 9.43. The van der Waals surface area contributed by atoms with Gasteiger partial charge in [0.1, 0.15) is 17.3 Å². The van der Waals surface area contributed by atoms with E-state index in [2.05, 4.69) is 26.7 Å². The van der Waals surface area contributed by atoms with Crippen molar-refractivity contribution in [3.63, 3.8) is 0 Å². The molecule has 3 rings (SSSR count). The number of anilines is 3. The lowest BCUT2D eigenvalue weighted by Gasteiger charge is -2.10. The lowest BCUT2D eigenvalue weighted by molar-refractivity contribution is 0.340. The lowest BCUT2D eigenvalue weighted by atomic mass is 10.1. The van der Waals surface area contributed by atoms with Gasteiger partial charge in [0.05, 0.1) is 13.7 Å². The van der Waals surface area contributed by atoms with Gasteiger partial charge >= 0.3 is 0 Å². The highest BCUT2D eigenvalue weighted by Crippen LogP contribution is 2.20. The zero-order chi connectivity index (χ0) is 18.9. The molecule has 0 aliphatic carbocycles. The molecule has 140 valence electrons. The number of hydrogen-bond acceptors (Lipinski definition) is 6. The van der Waals surface area contributed by atoms with Gasteiger partial charge in [0.15, 0.2) is 0 Å². The van der Waals surface area contributed by atoms with Crippen LogP contribution in [0.25, 0.3) is 0 Å².